The predicted molar refractivity (Wildman–Crippen MR) is 64.3 cm³/mol. The molecule has 94 valence electrons. The lowest BCUT2D eigenvalue weighted by atomic mass is 10.0. The molecule has 1 heterocycles. The van der Waals surface area contributed by atoms with Crippen LogP contribution < -0.4 is 5.32 Å². The van der Waals surface area contributed by atoms with E-state index in [9.17, 15) is 4.79 Å². The van der Waals surface area contributed by atoms with Gasteiger partial charge in [0, 0.05) is 5.56 Å². The monoisotopic (exact) mass is 247 g/mol. The number of nitrogens with one attached hydrogen (secondary N) is 1. The molecule has 1 aromatic heterocycles. The van der Waals surface area contributed by atoms with Crippen LogP contribution in [0.1, 0.15) is 16.2 Å². The third-order valence-corrected chi connectivity index (χ3v) is 2.51. The zero-order chi connectivity index (χ0) is 13.0. The molecule has 0 radical (unpaired) electrons. The van der Waals surface area contributed by atoms with Crippen molar-refractivity contribution in [1.29, 1.82) is 0 Å². The Labute approximate surface area is 104 Å². The minimum atomic E-state index is -1.20. The highest BCUT2D eigenvalue weighted by Crippen LogP contribution is 2.22. The van der Waals surface area contributed by atoms with E-state index in [1.165, 1.54) is 0 Å². The van der Waals surface area contributed by atoms with Crippen LogP contribution in [0, 0.1) is 0 Å². The molecular formula is C12H13N3O3. The molecule has 0 bridgehead atoms. The molecule has 6 heteroatoms. The van der Waals surface area contributed by atoms with Crippen LogP contribution in [-0.4, -0.2) is 34.8 Å². The van der Waals surface area contributed by atoms with Crippen LogP contribution in [0.4, 0.5) is 0 Å². The van der Waals surface area contributed by atoms with Gasteiger partial charge in [-0.2, -0.15) is 4.98 Å². The SMILES string of the molecule is CNCCc1ccccc1-c1nc(C(=O)O)no1. The van der Waals surface area contributed by atoms with Crippen molar-refractivity contribution in [2.75, 3.05) is 13.6 Å². The quantitative estimate of drug-likeness (QED) is 0.825. The Balaban J connectivity index is 2.33. The van der Waals surface area contributed by atoms with Crippen molar-refractivity contribution in [3.63, 3.8) is 0 Å². The molecule has 0 aliphatic rings. The first kappa shape index (κ1) is 12.3. The largest absolute Gasteiger partial charge is 0.475 e. The normalized spacial score (nSPS) is 10.5. The summed E-state index contributed by atoms with van der Waals surface area (Å²) in [5, 5.41) is 15.2. The lowest BCUT2D eigenvalue weighted by Crippen LogP contribution is -2.10. The Morgan fingerprint density at radius 2 is 2.22 bits per heavy atom. The lowest BCUT2D eigenvalue weighted by Gasteiger charge is -2.04. The fourth-order valence-electron chi connectivity index (χ4n) is 1.63. The zero-order valence-corrected chi connectivity index (χ0v) is 9.88. The van der Waals surface area contributed by atoms with E-state index in [1.54, 1.807) is 0 Å². The van der Waals surface area contributed by atoms with Crippen LogP contribution in [0.2, 0.25) is 0 Å². The third-order valence-electron chi connectivity index (χ3n) is 2.51. The first-order chi connectivity index (χ1) is 8.72. The number of carbonyl (C=O) groups is 1. The number of aromatic carboxylic acids is 1. The standard InChI is InChI=1S/C12H13N3O3/c1-13-7-6-8-4-2-3-5-9(8)11-14-10(12(16)17)15-18-11/h2-5,13H,6-7H2,1H3,(H,16,17). The summed E-state index contributed by atoms with van der Waals surface area (Å²) in [6, 6.07) is 7.56. The van der Waals surface area contributed by atoms with E-state index >= 15 is 0 Å². The molecule has 6 nitrogen and oxygen atoms in total. The number of hydrogen-bond acceptors (Lipinski definition) is 5. The summed E-state index contributed by atoms with van der Waals surface area (Å²) in [4.78, 5) is 14.6. The van der Waals surface area contributed by atoms with Crippen LogP contribution in [0.25, 0.3) is 11.5 Å². The molecule has 0 aliphatic heterocycles. The van der Waals surface area contributed by atoms with E-state index in [-0.39, 0.29) is 11.7 Å². The number of nitrogens with zero attached hydrogens (tertiary/aromatic N) is 2. The average Bonchev–Trinajstić information content (AvgIpc) is 2.86. The minimum absolute atomic E-state index is 0.235. The summed E-state index contributed by atoms with van der Waals surface area (Å²) in [7, 11) is 1.87. The second-order valence-electron chi connectivity index (χ2n) is 3.74. The van der Waals surface area contributed by atoms with E-state index in [0.29, 0.717) is 0 Å². The van der Waals surface area contributed by atoms with Gasteiger partial charge in [-0.1, -0.05) is 18.2 Å². The molecule has 0 fully saturated rings. The Bertz CT molecular complexity index is 551. The smallest absolute Gasteiger partial charge is 0.377 e. The van der Waals surface area contributed by atoms with Gasteiger partial charge in [0.05, 0.1) is 0 Å². The summed E-state index contributed by atoms with van der Waals surface area (Å²) in [6.45, 7) is 0.816. The van der Waals surface area contributed by atoms with Crippen LogP contribution >= 0.6 is 0 Å². The summed E-state index contributed by atoms with van der Waals surface area (Å²) in [5.41, 5.74) is 1.81. The number of rotatable bonds is 5. The van der Waals surface area contributed by atoms with Gasteiger partial charge in [0.1, 0.15) is 0 Å². The third kappa shape index (κ3) is 2.54. The van der Waals surface area contributed by atoms with Gasteiger partial charge in [0.2, 0.25) is 0 Å². The maximum absolute atomic E-state index is 10.7. The molecular weight excluding hydrogens is 234 g/mol. The van der Waals surface area contributed by atoms with E-state index in [0.717, 1.165) is 24.1 Å². The van der Waals surface area contributed by atoms with E-state index in [4.69, 9.17) is 9.63 Å². The fraction of sp³-hybridized carbons (Fsp3) is 0.250. The zero-order valence-electron chi connectivity index (χ0n) is 9.88. The van der Waals surface area contributed by atoms with Crippen molar-refractivity contribution in [2.24, 2.45) is 0 Å². The second kappa shape index (κ2) is 5.42. The number of aromatic nitrogens is 2. The number of carboxylic acids is 1. The summed E-state index contributed by atoms with van der Waals surface area (Å²) >= 11 is 0. The van der Waals surface area contributed by atoms with E-state index < -0.39 is 5.97 Å². The van der Waals surface area contributed by atoms with Crippen molar-refractivity contribution in [3.05, 3.63) is 35.7 Å². The van der Waals surface area contributed by atoms with Gasteiger partial charge in [0.25, 0.3) is 11.7 Å². The molecule has 0 amide bonds. The molecule has 2 rings (SSSR count). The highest BCUT2D eigenvalue weighted by Gasteiger charge is 2.16. The Morgan fingerprint density at radius 1 is 1.44 bits per heavy atom. The summed E-state index contributed by atoms with van der Waals surface area (Å²) in [6.07, 6.45) is 0.803. The molecule has 0 unspecified atom stereocenters. The van der Waals surface area contributed by atoms with Crippen molar-refractivity contribution < 1.29 is 14.4 Å². The van der Waals surface area contributed by atoms with Gasteiger partial charge in [-0.3, -0.25) is 0 Å². The van der Waals surface area contributed by atoms with Crippen molar-refractivity contribution in [3.8, 4) is 11.5 Å². The molecule has 2 N–H and O–H groups in total. The minimum Gasteiger partial charge on any atom is -0.475 e. The Morgan fingerprint density at radius 3 is 2.89 bits per heavy atom. The maximum Gasteiger partial charge on any atom is 0.377 e. The highest BCUT2D eigenvalue weighted by molar-refractivity contribution is 5.83. The van der Waals surface area contributed by atoms with Gasteiger partial charge in [-0.25, -0.2) is 4.79 Å². The van der Waals surface area contributed by atoms with Crippen molar-refractivity contribution >= 4 is 5.97 Å². The number of hydrogen-bond donors (Lipinski definition) is 2. The summed E-state index contributed by atoms with van der Waals surface area (Å²) in [5.74, 6) is -1.29. The molecule has 0 spiro atoms. The maximum atomic E-state index is 10.7. The van der Waals surface area contributed by atoms with Gasteiger partial charge in [-0.05, 0) is 36.8 Å². The first-order valence-corrected chi connectivity index (χ1v) is 5.52. The molecule has 2 aromatic rings. The van der Waals surface area contributed by atoms with Crippen molar-refractivity contribution in [1.82, 2.24) is 15.5 Å². The molecule has 0 atom stereocenters. The number of benzene rings is 1. The Kier molecular flexibility index (Phi) is 3.69. The lowest BCUT2D eigenvalue weighted by molar-refractivity contribution is 0.0680. The van der Waals surface area contributed by atoms with Crippen LogP contribution in [-0.2, 0) is 6.42 Å². The van der Waals surface area contributed by atoms with Crippen molar-refractivity contribution in [2.45, 2.75) is 6.42 Å². The number of carboxylic acid groups (broad SMARTS) is 1. The van der Waals surface area contributed by atoms with E-state index in [2.05, 4.69) is 15.5 Å². The predicted octanol–water partition coefficient (Wildman–Crippen LogP) is 1.20. The topological polar surface area (TPSA) is 88.2 Å². The molecule has 0 aliphatic carbocycles. The number of likely N-dealkylation sites (N-methyl/N-ethyl adjacent to an activating group) is 1. The first-order valence-electron chi connectivity index (χ1n) is 5.52. The average molecular weight is 247 g/mol. The molecule has 0 saturated heterocycles. The van der Waals surface area contributed by atoms with Gasteiger partial charge in [-0.15, -0.1) is 0 Å². The molecule has 0 saturated carbocycles. The van der Waals surface area contributed by atoms with Gasteiger partial charge in [0.15, 0.2) is 0 Å². The molecule has 1 aromatic carbocycles. The van der Waals surface area contributed by atoms with Gasteiger partial charge < -0.3 is 14.9 Å². The van der Waals surface area contributed by atoms with E-state index in [1.807, 2.05) is 31.3 Å². The van der Waals surface area contributed by atoms with Crippen LogP contribution in [0.5, 0.6) is 0 Å². The van der Waals surface area contributed by atoms with Crippen LogP contribution in [0.3, 0.4) is 0 Å². The summed E-state index contributed by atoms with van der Waals surface area (Å²) < 4.78 is 4.97. The van der Waals surface area contributed by atoms with Crippen LogP contribution in [0.15, 0.2) is 28.8 Å². The fourth-order valence-corrected chi connectivity index (χ4v) is 1.63. The second-order valence-corrected chi connectivity index (χ2v) is 3.74. The highest BCUT2D eigenvalue weighted by atomic mass is 16.5. The molecule has 18 heavy (non-hydrogen) atoms. The Hall–Kier alpha value is -2.21. The van der Waals surface area contributed by atoms with Gasteiger partial charge >= 0.3 is 5.97 Å².